The molecule has 0 aliphatic carbocycles. The topological polar surface area (TPSA) is 89.9 Å². The van der Waals surface area contributed by atoms with Crippen LogP contribution in [0.5, 0.6) is 0 Å². The summed E-state index contributed by atoms with van der Waals surface area (Å²) in [4.78, 5) is 25.8. The minimum absolute atomic E-state index is 0.136. The molecular formula is C20H24N6O. The average molecular weight is 364 g/mol. The lowest BCUT2D eigenvalue weighted by Crippen LogP contribution is -2.34. The van der Waals surface area contributed by atoms with E-state index in [2.05, 4.69) is 34.9 Å². The molecule has 0 bridgehead atoms. The van der Waals surface area contributed by atoms with Crippen molar-refractivity contribution in [2.24, 2.45) is 5.84 Å². The van der Waals surface area contributed by atoms with E-state index in [-0.39, 0.29) is 5.95 Å². The van der Waals surface area contributed by atoms with Crippen LogP contribution in [0.15, 0.2) is 47.4 Å². The van der Waals surface area contributed by atoms with Crippen LogP contribution in [-0.2, 0) is 19.3 Å². The first-order valence-corrected chi connectivity index (χ1v) is 9.17. The largest absolute Gasteiger partial charge is 0.356 e. The Morgan fingerprint density at radius 1 is 1.00 bits per heavy atom. The van der Waals surface area contributed by atoms with Crippen LogP contribution >= 0.6 is 0 Å². The molecule has 1 aromatic carbocycles. The minimum Gasteiger partial charge on any atom is -0.248 e. The summed E-state index contributed by atoms with van der Waals surface area (Å²) in [6.07, 6.45) is 3.93. The van der Waals surface area contributed by atoms with E-state index >= 15 is 0 Å². The molecule has 0 spiro atoms. The molecule has 0 saturated carbocycles. The summed E-state index contributed by atoms with van der Waals surface area (Å²) < 4.78 is 1.59. The first-order valence-electron chi connectivity index (χ1n) is 9.17. The van der Waals surface area contributed by atoms with Crippen molar-refractivity contribution in [1.82, 2.24) is 19.5 Å². The molecule has 2 heterocycles. The summed E-state index contributed by atoms with van der Waals surface area (Å²) in [5, 5.41) is 1.23. The number of nitrogens with two attached hydrogens (primary N) is 1. The maximum absolute atomic E-state index is 12.9. The second kappa shape index (κ2) is 8.09. The number of anilines is 2. The van der Waals surface area contributed by atoms with Gasteiger partial charge >= 0.3 is 5.69 Å². The number of pyridine rings is 1. The number of hydrazine groups is 1. The Balaban J connectivity index is 2.16. The molecule has 0 aliphatic rings. The van der Waals surface area contributed by atoms with Crippen molar-refractivity contribution in [3.8, 4) is 5.69 Å². The van der Waals surface area contributed by atoms with Crippen molar-refractivity contribution >= 4 is 11.8 Å². The fourth-order valence-corrected chi connectivity index (χ4v) is 3.19. The van der Waals surface area contributed by atoms with Gasteiger partial charge in [0, 0.05) is 12.6 Å². The van der Waals surface area contributed by atoms with Crippen molar-refractivity contribution in [3.05, 3.63) is 70.0 Å². The predicted molar refractivity (Wildman–Crippen MR) is 106 cm³/mol. The van der Waals surface area contributed by atoms with Gasteiger partial charge in [0.1, 0.15) is 11.6 Å². The van der Waals surface area contributed by atoms with Gasteiger partial charge < -0.3 is 0 Å². The highest BCUT2D eigenvalue weighted by molar-refractivity contribution is 5.51. The van der Waals surface area contributed by atoms with Crippen molar-refractivity contribution in [3.63, 3.8) is 0 Å². The van der Waals surface area contributed by atoms with Crippen molar-refractivity contribution < 1.29 is 0 Å². The van der Waals surface area contributed by atoms with Crippen molar-refractivity contribution in [1.29, 1.82) is 0 Å². The normalized spacial score (nSPS) is 10.8. The third-order valence-electron chi connectivity index (χ3n) is 4.53. The SMILES string of the molecule is CCc1cccc(-n2c(CC)nc(N(N)c3ccccn3)nc2=O)c1CC. The highest BCUT2D eigenvalue weighted by Gasteiger charge is 2.18. The first kappa shape index (κ1) is 18.7. The Labute approximate surface area is 158 Å². The van der Waals surface area contributed by atoms with E-state index in [4.69, 9.17) is 5.84 Å². The lowest BCUT2D eigenvalue weighted by molar-refractivity contribution is 0.747. The number of nitrogens with zero attached hydrogens (tertiary/aromatic N) is 5. The maximum Gasteiger partial charge on any atom is 0.356 e. The van der Waals surface area contributed by atoms with E-state index in [1.165, 1.54) is 10.6 Å². The minimum atomic E-state index is -0.397. The zero-order chi connectivity index (χ0) is 19.4. The summed E-state index contributed by atoms with van der Waals surface area (Å²) in [6.45, 7) is 6.16. The summed E-state index contributed by atoms with van der Waals surface area (Å²) >= 11 is 0. The van der Waals surface area contributed by atoms with Crippen LogP contribution in [0.2, 0.25) is 0 Å². The molecule has 0 atom stereocenters. The zero-order valence-corrected chi connectivity index (χ0v) is 15.9. The molecule has 3 aromatic rings. The molecule has 140 valence electrons. The molecule has 0 unspecified atom stereocenters. The monoisotopic (exact) mass is 364 g/mol. The molecule has 0 fully saturated rings. The number of hydrogen-bond donors (Lipinski definition) is 1. The Morgan fingerprint density at radius 2 is 1.81 bits per heavy atom. The highest BCUT2D eigenvalue weighted by atomic mass is 16.1. The van der Waals surface area contributed by atoms with Crippen LogP contribution in [0.3, 0.4) is 0 Å². The number of aromatic nitrogens is 4. The van der Waals surface area contributed by atoms with Gasteiger partial charge in [0.2, 0.25) is 0 Å². The Hall–Kier alpha value is -3.06. The third-order valence-corrected chi connectivity index (χ3v) is 4.53. The molecule has 0 aliphatic heterocycles. The summed E-state index contributed by atoms with van der Waals surface area (Å²) in [6, 6.07) is 11.3. The molecule has 27 heavy (non-hydrogen) atoms. The van der Waals surface area contributed by atoms with E-state index in [0.717, 1.165) is 24.1 Å². The number of hydrogen-bond acceptors (Lipinski definition) is 6. The van der Waals surface area contributed by atoms with Gasteiger partial charge in [0.15, 0.2) is 0 Å². The number of aryl methyl sites for hydroxylation is 2. The third kappa shape index (κ3) is 3.59. The van der Waals surface area contributed by atoms with Gasteiger partial charge in [-0.15, -0.1) is 0 Å². The number of rotatable bonds is 6. The molecule has 7 nitrogen and oxygen atoms in total. The molecule has 0 saturated heterocycles. The lowest BCUT2D eigenvalue weighted by atomic mass is 10.0. The predicted octanol–water partition coefficient (Wildman–Crippen LogP) is 2.72. The molecule has 0 amide bonds. The van der Waals surface area contributed by atoms with E-state index < -0.39 is 5.69 Å². The molecule has 3 rings (SSSR count). The Morgan fingerprint density at radius 3 is 2.44 bits per heavy atom. The van der Waals surface area contributed by atoms with Gasteiger partial charge in [0.25, 0.3) is 5.95 Å². The molecule has 2 aromatic heterocycles. The Kier molecular flexibility index (Phi) is 5.61. The van der Waals surface area contributed by atoms with E-state index in [0.29, 0.717) is 18.1 Å². The lowest BCUT2D eigenvalue weighted by Gasteiger charge is -2.19. The fraction of sp³-hybridized carbons (Fsp3) is 0.300. The van der Waals surface area contributed by atoms with Gasteiger partial charge in [-0.2, -0.15) is 9.97 Å². The molecule has 0 radical (unpaired) electrons. The van der Waals surface area contributed by atoms with Crippen LogP contribution in [0, 0.1) is 0 Å². The second-order valence-electron chi connectivity index (χ2n) is 6.09. The van der Waals surface area contributed by atoms with Gasteiger partial charge in [-0.25, -0.2) is 25.2 Å². The van der Waals surface area contributed by atoms with Gasteiger partial charge in [0.05, 0.1) is 5.69 Å². The van der Waals surface area contributed by atoms with Crippen LogP contribution in [-0.4, -0.2) is 19.5 Å². The number of benzene rings is 1. The van der Waals surface area contributed by atoms with Crippen LogP contribution < -0.4 is 16.5 Å². The summed E-state index contributed by atoms with van der Waals surface area (Å²) in [5.41, 5.74) is 2.81. The van der Waals surface area contributed by atoms with Gasteiger partial charge in [-0.05, 0) is 42.2 Å². The quantitative estimate of drug-likeness (QED) is 0.534. The molecular weight excluding hydrogens is 340 g/mol. The van der Waals surface area contributed by atoms with E-state index in [1.54, 1.807) is 22.9 Å². The second-order valence-corrected chi connectivity index (χ2v) is 6.09. The first-order chi connectivity index (χ1) is 13.1. The van der Waals surface area contributed by atoms with Crippen LogP contribution in [0.25, 0.3) is 5.69 Å². The van der Waals surface area contributed by atoms with Crippen molar-refractivity contribution in [2.75, 3.05) is 5.01 Å². The van der Waals surface area contributed by atoms with E-state index in [9.17, 15) is 4.79 Å². The highest BCUT2D eigenvalue weighted by Crippen LogP contribution is 2.21. The Bertz CT molecular complexity index is 984. The molecule has 7 heteroatoms. The zero-order valence-electron chi connectivity index (χ0n) is 15.9. The summed E-state index contributed by atoms with van der Waals surface area (Å²) in [7, 11) is 0. The fourth-order valence-electron chi connectivity index (χ4n) is 3.19. The van der Waals surface area contributed by atoms with Crippen LogP contribution in [0.1, 0.15) is 37.7 Å². The smallest absolute Gasteiger partial charge is 0.248 e. The van der Waals surface area contributed by atoms with E-state index in [1.807, 2.05) is 25.1 Å². The van der Waals surface area contributed by atoms with Crippen molar-refractivity contribution in [2.45, 2.75) is 40.0 Å². The molecule has 2 N–H and O–H groups in total. The maximum atomic E-state index is 12.9. The van der Waals surface area contributed by atoms with Crippen LogP contribution in [0.4, 0.5) is 11.8 Å². The van der Waals surface area contributed by atoms with Gasteiger partial charge in [-0.1, -0.05) is 39.0 Å². The summed E-state index contributed by atoms with van der Waals surface area (Å²) in [5.74, 6) is 7.31. The average Bonchev–Trinajstić information content (AvgIpc) is 2.72. The standard InChI is InChI=1S/C20H24N6O/c1-4-14-10-9-11-16(15(14)5-2)25-17(6-3)23-19(24-20(25)27)26(21)18-12-7-8-13-22-18/h7-13H,4-6,21H2,1-3H3. The van der Waals surface area contributed by atoms with Gasteiger partial charge in [-0.3, -0.25) is 0 Å².